The molecule has 0 radical (unpaired) electrons. The van der Waals surface area contributed by atoms with Crippen molar-refractivity contribution in [2.24, 2.45) is 5.92 Å². The third kappa shape index (κ3) is 2.53. The van der Waals surface area contributed by atoms with Crippen molar-refractivity contribution in [3.63, 3.8) is 0 Å². The lowest BCUT2D eigenvalue weighted by atomic mass is 10.1. The Morgan fingerprint density at radius 1 is 1.58 bits per heavy atom. The second-order valence-electron chi connectivity index (χ2n) is 4.45. The Morgan fingerprint density at radius 2 is 2.37 bits per heavy atom. The van der Waals surface area contributed by atoms with Gasteiger partial charge in [-0.2, -0.15) is 5.26 Å². The van der Waals surface area contributed by atoms with Crippen molar-refractivity contribution in [1.82, 2.24) is 0 Å². The van der Waals surface area contributed by atoms with Crippen LogP contribution in [0.5, 0.6) is 0 Å². The topological polar surface area (TPSA) is 56.1 Å². The van der Waals surface area contributed by atoms with Crippen LogP contribution in [-0.2, 0) is 4.79 Å². The standard InChI is InChI=1S/C15H15N3O/c1-3-11-8-15(19)18(10-11)14-7-12(9-16)5-6-13(14)17-4-2/h1,5-7,11,17H,4,8,10H2,2H3. The predicted molar refractivity (Wildman–Crippen MR) is 74.6 cm³/mol. The molecule has 0 aliphatic carbocycles. The van der Waals surface area contributed by atoms with Crippen LogP contribution in [0.25, 0.3) is 0 Å². The molecule has 0 aromatic heterocycles. The normalized spacial score (nSPS) is 17.9. The van der Waals surface area contributed by atoms with E-state index in [4.69, 9.17) is 11.7 Å². The lowest BCUT2D eigenvalue weighted by Gasteiger charge is -2.20. The highest BCUT2D eigenvalue weighted by Gasteiger charge is 2.30. The molecular weight excluding hydrogens is 238 g/mol. The van der Waals surface area contributed by atoms with Gasteiger partial charge in [-0.25, -0.2) is 0 Å². The third-order valence-electron chi connectivity index (χ3n) is 3.15. The summed E-state index contributed by atoms with van der Waals surface area (Å²) in [6.07, 6.45) is 5.77. The molecule has 1 aliphatic rings. The molecule has 1 aromatic carbocycles. The SMILES string of the molecule is C#CC1CC(=O)N(c2cc(C#N)ccc2NCC)C1. The van der Waals surface area contributed by atoms with Crippen LogP contribution in [0, 0.1) is 29.6 Å². The molecule has 19 heavy (non-hydrogen) atoms. The number of hydrogen-bond acceptors (Lipinski definition) is 3. The summed E-state index contributed by atoms with van der Waals surface area (Å²) in [6.45, 7) is 3.25. The Kier molecular flexibility index (Phi) is 3.73. The van der Waals surface area contributed by atoms with Crippen molar-refractivity contribution in [2.45, 2.75) is 13.3 Å². The molecule has 0 saturated carbocycles. The molecule has 1 N–H and O–H groups in total. The molecule has 0 spiro atoms. The number of hydrogen-bond donors (Lipinski definition) is 1. The van der Waals surface area contributed by atoms with Gasteiger partial charge in [-0.1, -0.05) is 0 Å². The first-order valence-corrected chi connectivity index (χ1v) is 6.24. The van der Waals surface area contributed by atoms with Crippen molar-refractivity contribution in [2.75, 3.05) is 23.3 Å². The first-order chi connectivity index (χ1) is 9.19. The molecule has 96 valence electrons. The summed E-state index contributed by atoms with van der Waals surface area (Å²) < 4.78 is 0. The van der Waals surface area contributed by atoms with Gasteiger partial charge in [0.05, 0.1) is 23.0 Å². The van der Waals surface area contributed by atoms with E-state index < -0.39 is 0 Å². The van der Waals surface area contributed by atoms with Gasteiger partial charge in [0.1, 0.15) is 0 Å². The minimum Gasteiger partial charge on any atom is -0.384 e. The number of terminal acetylenes is 1. The highest BCUT2D eigenvalue weighted by Crippen LogP contribution is 2.32. The molecule has 4 heteroatoms. The molecule has 1 atom stereocenters. The first-order valence-electron chi connectivity index (χ1n) is 6.24. The van der Waals surface area contributed by atoms with Crippen molar-refractivity contribution < 1.29 is 4.79 Å². The quantitative estimate of drug-likeness (QED) is 0.838. The van der Waals surface area contributed by atoms with Gasteiger partial charge in [-0.05, 0) is 25.1 Å². The van der Waals surface area contributed by atoms with E-state index in [2.05, 4.69) is 17.3 Å². The van der Waals surface area contributed by atoms with Crippen LogP contribution in [-0.4, -0.2) is 19.0 Å². The smallest absolute Gasteiger partial charge is 0.228 e. The predicted octanol–water partition coefficient (Wildman–Crippen LogP) is 1.98. The molecule has 0 bridgehead atoms. The number of benzene rings is 1. The van der Waals surface area contributed by atoms with Gasteiger partial charge < -0.3 is 10.2 Å². The monoisotopic (exact) mass is 253 g/mol. The Balaban J connectivity index is 2.40. The summed E-state index contributed by atoms with van der Waals surface area (Å²) in [6, 6.07) is 7.39. The molecule has 2 rings (SSSR count). The molecule has 1 fully saturated rings. The Labute approximate surface area is 113 Å². The van der Waals surface area contributed by atoms with E-state index in [1.165, 1.54) is 0 Å². The van der Waals surface area contributed by atoms with E-state index in [9.17, 15) is 4.79 Å². The zero-order valence-electron chi connectivity index (χ0n) is 10.8. The van der Waals surface area contributed by atoms with Crippen molar-refractivity contribution >= 4 is 17.3 Å². The fraction of sp³-hybridized carbons (Fsp3) is 0.333. The van der Waals surface area contributed by atoms with Gasteiger partial charge in [0.25, 0.3) is 0 Å². The van der Waals surface area contributed by atoms with Gasteiger partial charge in [-0.3, -0.25) is 4.79 Å². The van der Waals surface area contributed by atoms with Crippen molar-refractivity contribution in [3.05, 3.63) is 23.8 Å². The largest absolute Gasteiger partial charge is 0.384 e. The summed E-state index contributed by atoms with van der Waals surface area (Å²) in [5, 5.41) is 12.2. The molecule has 1 heterocycles. The maximum atomic E-state index is 12.0. The Bertz CT molecular complexity index is 580. The van der Waals surface area contributed by atoms with Crippen LogP contribution in [0.1, 0.15) is 18.9 Å². The molecule has 1 amide bonds. The van der Waals surface area contributed by atoms with Gasteiger partial charge in [0.15, 0.2) is 0 Å². The van der Waals surface area contributed by atoms with Crippen LogP contribution in [0.4, 0.5) is 11.4 Å². The van der Waals surface area contributed by atoms with Gasteiger partial charge in [0, 0.05) is 25.4 Å². The first kappa shape index (κ1) is 13.0. The lowest BCUT2D eigenvalue weighted by molar-refractivity contribution is -0.117. The summed E-state index contributed by atoms with van der Waals surface area (Å²) in [7, 11) is 0. The molecular formula is C15H15N3O. The zero-order chi connectivity index (χ0) is 13.8. The van der Waals surface area contributed by atoms with E-state index >= 15 is 0 Å². The number of amides is 1. The van der Waals surface area contributed by atoms with Crippen LogP contribution >= 0.6 is 0 Å². The van der Waals surface area contributed by atoms with Crippen molar-refractivity contribution in [1.29, 1.82) is 5.26 Å². The second kappa shape index (κ2) is 5.46. The highest BCUT2D eigenvalue weighted by atomic mass is 16.2. The highest BCUT2D eigenvalue weighted by molar-refractivity contribution is 5.99. The van der Waals surface area contributed by atoms with Gasteiger partial charge in [0.2, 0.25) is 5.91 Å². The van der Waals surface area contributed by atoms with Crippen LogP contribution in [0.2, 0.25) is 0 Å². The number of carbonyl (C=O) groups excluding carboxylic acids is 1. The van der Waals surface area contributed by atoms with Crippen molar-refractivity contribution in [3.8, 4) is 18.4 Å². The minimum absolute atomic E-state index is 0.0113. The zero-order valence-corrected chi connectivity index (χ0v) is 10.8. The Morgan fingerprint density at radius 3 is 2.95 bits per heavy atom. The summed E-state index contributed by atoms with van der Waals surface area (Å²) in [5.74, 6) is 2.59. The number of rotatable bonds is 3. The van der Waals surface area contributed by atoms with E-state index in [1.807, 2.05) is 13.0 Å². The van der Waals surface area contributed by atoms with E-state index in [1.54, 1.807) is 17.0 Å². The number of nitrogens with zero attached hydrogens (tertiary/aromatic N) is 2. The minimum atomic E-state index is -0.0484. The molecule has 4 nitrogen and oxygen atoms in total. The maximum absolute atomic E-state index is 12.0. The lowest BCUT2D eigenvalue weighted by Crippen LogP contribution is -2.25. The van der Waals surface area contributed by atoms with Crippen LogP contribution < -0.4 is 10.2 Å². The number of nitrogens with one attached hydrogen (secondary N) is 1. The summed E-state index contributed by atoms with van der Waals surface area (Å²) in [4.78, 5) is 13.7. The second-order valence-corrected chi connectivity index (χ2v) is 4.45. The van der Waals surface area contributed by atoms with Gasteiger partial charge in [-0.15, -0.1) is 12.3 Å². The fourth-order valence-electron chi connectivity index (χ4n) is 2.22. The molecule has 1 saturated heterocycles. The van der Waals surface area contributed by atoms with E-state index in [0.717, 1.165) is 17.9 Å². The van der Waals surface area contributed by atoms with E-state index in [-0.39, 0.29) is 11.8 Å². The van der Waals surface area contributed by atoms with Gasteiger partial charge >= 0.3 is 0 Å². The average Bonchev–Trinajstić information content (AvgIpc) is 2.81. The Hall–Kier alpha value is -2.46. The molecule has 1 unspecified atom stereocenters. The number of carbonyl (C=O) groups is 1. The van der Waals surface area contributed by atoms with Crippen LogP contribution in [0.3, 0.4) is 0 Å². The molecule has 1 aliphatic heterocycles. The maximum Gasteiger partial charge on any atom is 0.228 e. The van der Waals surface area contributed by atoms with Crippen LogP contribution in [0.15, 0.2) is 18.2 Å². The summed E-state index contributed by atoms with van der Waals surface area (Å²) >= 11 is 0. The molecule has 1 aromatic rings. The number of nitriles is 1. The fourth-order valence-corrected chi connectivity index (χ4v) is 2.22. The average molecular weight is 253 g/mol. The third-order valence-corrected chi connectivity index (χ3v) is 3.15. The van der Waals surface area contributed by atoms with E-state index in [0.29, 0.717) is 18.5 Å². The summed E-state index contributed by atoms with van der Waals surface area (Å²) in [5.41, 5.74) is 2.13. The number of anilines is 2.